The Hall–Kier alpha value is -2.24. The highest BCUT2D eigenvalue weighted by Gasteiger charge is 2.28. The van der Waals surface area contributed by atoms with Gasteiger partial charge in [0.2, 0.25) is 0 Å². The van der Waals surface area contributed by atoms with Crippen molar-refractivity contribution in [3.8, 4) is 0 Å². The van der Waals surface area contributed by atoms with Crippen molar-refractivity contribution in [1.82, 2.24) is 24.6 Å². The molecule has 134 valence electrons. The van der Waals surface area contributed by atoms with Crippen LogP contribution in [0.4, 0.5) is 0 Å². The highest BCUT2D eigenvalue weighted by atomic mass is 15.4. The summed E-state index contributed by atoms with van der Waals surface area (Å²) in [4.78, 5) is 9.98. The molecule has 0 unspecified atom stereocenters. The maximum absolute atomic E-state index is 4.87. The van der Waals surface area contributed by atoms with Crippen LogP contribution in [0.5, 0.6) is 0 Å². The molecule has 26 heavy (non-hydrogen) atoms. The molecule has 3 aromatic rings. The average molecular weight is 347 g/mol. The molecule has 5 heteroatoms. The molecular weight excluding hydrogens is 322 g/mol. The minimum atomic E-state index is 0.437. The Labute approximate surface area is 154 Å². The smallest absolute Gasteiger partial charge is 0.0776 e. The number of hydrogen-bond acceptors (Lipinski definition) is 4. The summed E-state index contributed by atoms with van der Waals surface area (Å²) < 4.78 is 2.25. The molecule has 1 saturated heterocycles. The summed E-state index contributed by atoms with van der Waals surface area (Å²) in [6.45, 7) is 6.46. The topological polar surface area (TPSA) is 37.2 Å². The van der Waals surface area contributed by atoms with Crippen molar-refractivity contribution in [1.29, 1.82) is 0 Å². The predicted octanol–water partition coefficient (Wildman–Crippen LogP) is 3.08. The van der Waals surface area contributed by atoms with Crippen molar-refractivity contribution in [3.63, 3.8) is 0 Å². The monoisotopic (exact) mass is 347 g/mol. The van der Waals surface area contributed by atoms with Crippen molar-refractivity contribution in [2.45, 2.75) is 32.0 Å². The second-order valence-electron chi connectivity index (χ2n) is 7.59. The number of rotatable bonds is 4. The Morgan fingerprint density at radius 2 is 1.85 bits per heavy atom. The molecular formula is C21H25N5. The van der Waals surface area contributed by atoms with Crippen LogP contribution in [0, 0.1) is 0 Å². The van der Waals surface area contributed by atoms with E-state index in [4.69, 9.17) is 4.98 Å². The van der Waals surface area contributed by atoms with Crippen LogP contribution in [0.15, 0.2) is 48.7 Å². The van der Waals surface area contributed by atoms with Gasteiger partial charge in [-0.05, 0) is 44.1 Å². The third-order valence-electron chi connectivity index (χ3n) is 5.66. The van der Waals surface area contributed by atoms with E-state index in [2.05, 4.69) is 62.0 Å². The van der Waals surface area contributed by atoms with Gasteiger partial charge < -0.3 is 4.90 Å². The zero-order valence-corrected chi connectivity index (χ0v) is 15.1. The van der Waals surface area contributed by atoms with Crippen LogP contribution in [-0.2, 0) is 13.1 Å². The van der Waals surface area contributed by atoms with E-state index in [9.17, 15) is 0 Å². The zero-order valence-electron chi connectivity index (χ0n) is 15.1. The van der Waals surface area contributed by atoms with Gasteiger partial charge in [0.15, 0.2) is 0 Å². The van der Waals surface area contributed by atoms with Crippen LogP contribution < -0.4 is 0 Å². The summed E-state index contributed by atoms with van der Waals surface area (Å²) in [5, 5.41) is 5.82. The number of pyridine rings is 1. The van der Waals surface area contributed by atoms with Crippen LogP contribution in [-0.4, -0.2) is 50.7 Å². The van der Waals surface area contributed by atoms with Crippen LogP contribution in [0.3, 0.4) is 0 Å². The number of aromatic nitrogens is 3. The first-order valence-corrected chi connectivity index (χ1v) is 9.67. The lowest BCUT2D eigenvalue weighted by atomic mass is 10.1. The van der Waals surface area contributed by atoms with Gasteiger partial charge in [0, 0.05) is 37.8 Å². The van der Waals surface area contributed by atoms with E-state index in [1.807, 2.05) is 6.20 Å². The lowest BCUT2D eigenvalue weighted by Crippen LogP contribution is -2.42. The second-order valence-corrected chi connectivity index (χ2v) is 7.59. The van der Waals surface area contributed by atoms with Gasteiger partial charge in [0.1, 0.15) is 0 Å². The molecule has 2 aromatic heterocycles. The van der Waals surface area contributed by atoms with Crippen LogP contribution >= 0.6 is 0 Å². The molecule has 0 radical (unpaired) electrons. The number of nitrogens with zero attached hydrogens (tertiary/aromatic N) is 5. The Morgan fingerprint density at radius 3 is 2.77 bits per heavy atom. The molecule has 1 atom stereocenters. The van der Waals surface area contributed by atoms with E-state index in [1.165, 1.54) is 37.0 Å². The van der Waals surface area contributed by atoms with E-state index in [0.717, 1.165) is 37.4 Å². The van der Waals surface area contributed by atoms with Crippen molar-refractivity contribution in [3.05, 3.63) is 60.0 Å². The molecule has 2 aliphatic heterocycles. The van der Waals surface area contributed by atoms with Gasteiger partial charge in [0.25, 0.3) is 0 Å². The molecule has 0 saturated carbocycles. The molecule has 4 heterocycles. The first kappa shape index (κ1) is 16.0. The van der Waals surface area contributed by atoms with Gasteiger partial charge in [-0.1, -0.05) is 24.3 Å². The van der Waals surface area contributed by atoms with E-state index in [0.29, 0.717) is 6.04 Å². The second kappa shape index (κ2) is 6.82. The minimum absolute atomic E-state index is 0.437. The summed E-state index contributed by atoms with van der Waals surface area (Å²) in [7, 11) is 0. The fourth-order valence-electron chi connectivity index (χ4n) is 4.41. The van der Waals surface area contributed by atoms with E-state index in [-0.39, 0.29) is 0 Å². The summed E-state index contributed by atoms with van der Waals surface area (Å²) >= 11 is 0. The van der Waals surface area contributed by atoms with E-state index >= 15 is 0 Å². The number of fused-ring (bicyclic) bond motifs is 2. The molecule has 5 nitrogen and oxygen atoms in total. The molecule has 1 aromatic carbocycles. The first-order valence-electron chi connectivity index (χ1n) is 9.67. The number of hydrogen-bond donors (Lipinski definition) is 0. The standard InChI is InChI=1S/C21H25N5/c1-2-6-21-17(5-1)7-8-18(23-21)13-25-14-19-9-10-22-26(19)20(16-25)15-24-11-3-4-12-24/h1-2,5-10,20H,3-4,11-16H2/t20-/m1/s1. The summed E-state index contributed by atoms with van der Waals surface area (Å²) in [5.41, 5.74) is 3.55. The van der Waals surface area contributed by atoms with E-state index < -0.39 is 0 Å². The van der Waals surface area contributed by atoms with Gasteiger partial charge in [-0.3, -0.25) is 14.6 Å². The number of likely N-dealkylation sites (tertiary alicyclic amines) is 1. The Morgan fingerprint density at radius 1 is 0.962 bits per heavy atom. The molecule has 1 fully saturated rings. The van der Waals surface area contributed by atoms with Gasteiger partial charge in [-0.15, -0.1) is 0 Å². The summed E-state index contributed by atoms with van der Waals surface area (Å²) in [6.07, 6.45) is 4.62. The molecule has 0 aliphatic carbocycles. The van der Waals surface area contributed by atoms with Gasteiger partial charge in [-0.25, -0.2) is 0 Å². The molecule has 0 amide bonds. The Bertz CT molecular complexity index is 896. The van der Waals surface area contributed by atoms with Gasteiger partial charge >= 0.3 is 0 Å². The quantitative estimate of drug-likeness (QED) is 0.727. The fourth-order valence-corrected chi connectivity index (χ4v) is 4.41. The lowest BCUT2D eigenvalue weighted by molar-refractivity contribution is 0.137. The van der Waals surface area contributed by atoms with Crippen molar-refractivity contribution in [2.75, 3.05) is 26.2 Å². The molecule has 2 aliphatic rings. The van der Waals surface area contributed by atoms with Gasteiger partial charge in [-0.2, -0.15) is 5.10 Å². The molecule has 0 N–H and O–H groups in total. The number of benzene rings is 1. The van der Waals surface area contributed by atoms with Gasteiger partial charge in [0.05, 0.1) is 22.9 Å². The Kier molecular flexibility index (Phi) is 4.19. The predicted molar refractivity (Wildman–Crippen MR) is 103 cm³/mol. The van der Waals surface area contributed by atoms with Crippen molar-refractivity contribution in [2.24, 2.45) is 0 Å². The molecule has 0 bridgehead atoms. The van der Waals surface area contributed by atoms with Crippen LogP contribution in [0.1, 0.15) is 30.3 Å². The Balaban J connectivity index is 1.35. The first-order chi connectivity index (χ1) is 12.8. The maximum Gasteiger partial charge on any atom is 0.0776 e. The average Bonchev–Trinajstić information content (AvgIpc) is 3.33. The van der Waals surface area contributed by atoms with Crippen LogP contribution in [0.25, 0.3) is 10.9 Å². The zero-order chi connectivity index (χ0) is 17.3. The fraction of sp³-hybridized carbons (Fsp3) is 0.429. The summed E-state index contributed by atoms with van der Waals surface area (Å²) in [5.74, 6) is 0. The lowest BCUT2D eigenvalue weighted by Gasteiger charge is -2.35. The third-order valence-corrected chi connectivity index (χ3v) is 5.66. The SMILES string of the molecule is c1ccc2nc(CN3Cc4ccnn4[C@H](CN4CCCC4)C3)ccc2c1. The van der Waals surface area contributed by atoms with E-state index in [1.54, 1.807) is 0 Å². The van der Waals surface area contributed by atoms with Crippen molar-refractivity contribution >= 4 is 10.9 Å². The highest BCUT2D eigenvalue weighted by Crippen LogP contribution is 2.24. The largest absolute Gasteiger partial charge is 0.301 e. The molecule has 5 rings (SSSR count). The maximum atomic E-state index is 4.87. The highest BCUT2D eigenvalue weighted by molar-refractivity contribution is 5.78. The normalized spacial score (nSPS) is 21.3. The third kappa shape index (κ3) is 3.13. The molecule has 0 spiro atoms. The van der Waals surface area contributed by atoms with Crippen molar-refractivity contribution < 1.29 is 0 Å². The van der Waals surface area contributed by atoms with Crippen LogP contribution in [0.2, 0.25) is 0 Å². The minimum Gasteiger partial charge on any atom is -0.301 e. The summed E-state index contributed by atoms with van der Waals surface area (Å²) in [6, 6.07) is 15.3. The number of para-hydroxylation sites is 1.